The highest BCUT2D eigenvalue weighted by atomic mass is 16.2. The minimum absolute atomic E-state index is 0.0152. The van der Waals surface area contributed by atoms with Crippen LogP contribution in [0, 0.1) is 11.3 Å². The maximum atomic E-state index is 12.4. The summed E-state index contributed by atoms with van der Waals surface area (Å²) < 4.78 is 0. The van der Waals surface area contributed by atoms with Gasteiger partial charge < -0.3 is 10.6 Å². The van der Waals surface area contributed by atoms with Gasteiger partial charge in [-0.15, -0.1) is 0 Å². The lowest BCUT2D eigenvalue weighted by Gasteiger charge is -2.34. The molecule has 1 aliphatic heterocycles. The SMILES string of the molecule is CC(C)(C)C(N)CC(=O)N1CCC2CCCCC21. The van der Waals surface area contributed by atoms with Crippen LogP contribution in [-0.2, 0) is 4.79 Å². The molecule has 3 atom stereocenters. The molecular weight excluding hydrogens is 224 g/mol. The lowest BCUT2D eigenvalue weighted by Crippen LogP contribution is -2.44. The highest BCUT2D eigenvalue weighted by molar-refractivity contribution is 5.77. The topological polar surface area (TPSA) is 46.3 Å². The summed E-state index contributed by atoms with van der Waals surface area (Å²) in [7, 11) is 0. The van der Waals surface area contributed by atoms with Gasteiger partial charge in [-0.3, -0.25) is 4.79 Å². The van der Waals surface area contributed by atoms with E-state index in [1.807, 2.05) is 0 Å². The number of carbonyl (C=O) groups excluding carboxylic acids is 1. The number of carbonyl (C=O) groups is 1. The van der Waals surface area contributed by atoms with E-state index >= 15 is 0 Å². The first-order chi connectivity index (χ1) is 8.39. The molecule has 2 fully saturated rings. The van der Waals surface area contributed by atoms with Crippen molar-refractivity contribution in [1.29, 1.82) is 0 Å². The Hall–Kier alpha value is -0.570. The van der Waals surface area contributed by atoms with Crippen LogP contribution in [0.2, 0.25) is 0 Å². The molecule has 1 aliphatic carbocycles. The summed E-state index contributed by atoms with van der Waals surface area (Å²) in [6.07, 6.45) is 6.88. The van der Waals surface area contributed by atoms with Gasteiger partial charge in [-0.25, -0.2) is 0 Å². The third-order valence-corrected chi connectivity index (χ3v) is 4.84. The summed E-state index contributed by atoms with van der Waals surface area (Å²) in [6, 6.07) is 0.492. The Morgan fingerprint density at radius 1 is 1.28 bits per heavy atom. The van der Waals surface area contributed by atoms with Crippen molar-refractivity contribution < 1.29 is 4.79 Å². The van der Waals surface area contributed by atoms with Gasteiger partial charge >= 0.3 is 0 Å². The molecule has 104 valence electrons. The average Bonchev–Trinajstić information content (AvgIpc) is 2.71. The third kappa shape index (κ3) is 2.87. The monoisotopic (exact) mass is 252 g/mol. The van der Waals surface area contributed by atoms with Crippen LogP contribution in [0.4, 0.5) is 0 Å². The lowest BCUT2D eigenvalue weighted by atomic mass is 9.84. The number of fused-ring (bicyclic) bond motifs is 1. The molecule has 0 bridgehead atoms. The highest BCUT2D eigenvalue weighted by Gasteiger charge is 2.38. The number of amides is 1. The van der Waals surface area contributed by atoms with Crippen LogP contribution in [-0.4, -0.2) is 29.4 Å². The van der Waals surface area contributed by atoms with Gasteiger partial charge in [0.25, 0.3) is 0 Å². The van der Waals surface area contributed by atoms with Gasteiger partial charge in [0.2, 0.25) is 5.91 Å². The van der Waals surface area contributed by atoms with Crippen LogP contribution in [0.3, 0.4) is 0 Å². The largest absolute Gasteiger partial charge is 0.339 e. The Morgan fingerprint density at radius 3 is 2.61 bits per heavy atom. The maximum Gasteiger partial charge on any atom is 0.224 e. The molecule has 1 saturated carbocycles. The molecule has 1 heterocycles. The Labute approximate surface area is 111 Å². The molecule has 18 heavy (non-hydrogen) atoms. The van der Waals surface area contributed by atoms with E-state index in [0.717, 1.165) is 12.5 Å². The minimum atomic E-state index is -0.0346. The lowest BCUT2D eigenvalue weighted by molar-refractivity contribution is -0.133. The van der Waals surface area contributed by atoms with Gasteiger partial charge in [-0.2, -0.15) is 0 Å². The molecular formula is C15H28N2O. The van der Waals surface area contributed by atoms with Crippen molar-refractivity contribution in [3.8, 4) is 0 Å². The van der Waals surface area contributed by atoms with Crippen LogP contribution in [0.25, 0.3) is 0 Å². The van der Waals surface area contributed by atoms with Crippen LogP contribution in [0.5, 0.6) is 0 Å². The second-order valence-electron chi connectivity index (χ2n) is 7.16. The zero-order valence-electron chi connectivity index (χ0n) is 12.1. The van der Waals surface area contributed by atoms with Gasteiger partial charge in [0.1, 0.15) is 0 Å². The van der Waals surface area contributed by atoms with Gasteiger partial charge in [-0.1, -0.05) is 33.6 Å². The number of likely N-dealkylation sites (tertiary alicyclic amines) is 1. The van der Waals surface area contributed by atoms with Crippen LogP contribution in [0.1, 0.15) is 59.3 Å². The Kier molecular flexibility index (Phi) is 4.00. The third-order valence-electron chi connectivity index (χ3n) is 4.84. The Morgan fingerprint density at radius 2 is 1.94 bits per heavy atom. The molecule has 1 amide bonds. The molecule has 3 unspecified atom stereocenters. The molecule has 2 aliphatic rings. The van der Waals surface area contributed by atoms with E-state index in [0.29, 0.717) is 12.5 Å². The van der Waals surface area contributed by atoms with E-state index in [4.69, 9.17) is 5.73 Å². The molecule has 2 N–H and O–H groups in total. The summed E-state index contributed by atoms with van der Waals surface area (Å²) in [5.41, 5.74) is 6.16. The average molecular weight is 252 g/mol. The van der Waals surface area contributed by atoms with Crippen LogP contribution >= 0.6 is 0 Å². The Balaban J connectivity index is 1.93. The first-order valence-corrected chi connectivity index (χ1v) is 7.44. The number of rotatable bonds is 2. The zero-order valence-corrected chi connectivity index (χ0v) is 12.1. The fourth-order valence-corrected chi connectivity index (χ4v) is 3.33. The normalized spacial score (nSPS) is 30.1. The van der Waals surface area contributed by atoms with Crippen molar-refractivity contribution in [3.05, 3.63) is 0 Å². The van der Waals surface area contributed by atoms with E-state index < -0.39 is 0 Å². The van der Waals surface area contributed by atoms with Crippen molar-refractivity contribution >= 4 is 5.91 Å². The first kappa shape index (κ1) is 13.9. The predicted octanol–water partition coefficient (Wildman–Crippen LogP) is 2.54. The van der Waals surface area contributed by atoms with Crippen LogP contribution in [0.15, 0.2) is 0 Å². The smallest absolute Gasteiger partial charge is 0.224 e. The molecule has 0 aromatic carbocycles. The van der Waals surface area contributed by atoms with Gasteiger partial charge in [0, 0.05) is 25.0 Å². The molecule has 2 rings (SSSR count). The molecule has 0 spiro atoms. The van der Waals surface area contributed by atoms with E-state index in [1.54, 1.807) is 0 Å². The molecule has 3 nitrogen and oxygen atoms in total. The molecule has 1 saturated heterocycles. The number of nitrogens with zero attached hydrogens (tertiary/aromatic N) is 1. The standard InChI is InChI=1S/C15H28N2O/c1-15(2,3)13(16)10-14(18)17-9-8-11-6-4-5-7-12(11)17/h11-13H,4-10,16H2,1-3H3. The van der Waals surface area contributed by atoms with E-state index in [1.165, 1.54) is 32.1 Å². The van der Waals surface area contributed by atoms with E-state index in [9.17, 15) is 4.79 Å². The fourth-order valence-electron chi connectivity index (χ4n) is 3.33. The summed E-state index contributed by atoms with van der Waals surface area (Å²) in [5, 5.41) is 0. The second-order valence-corrected chi connectivity index (χ2v) is 7.16. The second kappa shape index (κ2) is 5.20. The predicted molar refractivity (Wildman–Crippen MR) is 74.1 cm³/mol. The molecule has 3 heteroatoms. The zero-order chi connectivity index (χ0) is 13.3. The number of hydrogen-bond acceptors (Lipinski definition) is 2. The van der Waals surface area contributed by atoms with Gasteiger partial charge in [0.15, 0.2) is 0 Å². The quantitative estimate of drug-likeness (QED) is 0.821. The van der Waals surface area contributed by atoms with Gasteiger partial charge in [0.05, 0.1) is 0 Å². The molecule has 0 aromatic rings. The van der Waals surface area contributed by atoms with Crippen molar-refractivity contribution in [1.82, 2.24) is 4.90 Å². The van der Waals surface area contributed by atoms with E-state index in [-0.39, 0.29) is 17.4 Å². The summed E-state index contributed by atoms with van der Waals surface area (Å²) in [5.74, 6) is 1.06. The maximum absolute atomic E-state index is 12.4. The summed E-state index contributed by atoms with van der Waals surface area (Å²) in [4.78, 5) is 14.5. The van der Waals surface area contributed by atoms with Crippen LogP contribution < -0.4 is 5.73 Å². The van der Waals surface area contributed by atoms with Crippen molar-refractivity contribution in [2.75, 3.05) is 6.54 Å². The van der Waals surface area contributed by atoms with Crippen molar-refractivity contribution in [2.45, 2.75) is 71.4 Å². The summed E-state index contributed by atoms with van der Waals surface area (Å²) >= 11 is 0. The minimum Gasteiger partial charge on any atom is -0.339 e. The molecule has 0 aromatic heterocycles. The van der Waals surface area contributed by atoms with E-state index in [2.05, 4.69) is 25.7 Å². The Bertz CT molecular complexity index is 308. The fraction of sp³-hybridized carbons (Fsp3) is 0.933. The van der Waals surface area contributed by atoms with Crippen molar-refractivity contribution in [2.24, 2.45) is 17.1 Å². The highest BCUT2D eigenvalue weighted by Crippen LogP contribution is 2.36. The van der Waals surface area contributed by atoms with Crippen molar-refractivity contribution in [3.63, 3.8) is 0 Å². The first-order valence-electron chi connectivity index (χ1n) is 7.44. The molecule has 0 radical (unpaired) electrons. The number of hydrogen-bond donors (Lipinski definition) is 1. The van der Waals surface area contributed by atoms with Gasteiger partial charge in [-0.05, 0) is 30.6 Å². The number of nitrogens with two attached hydrogens (primary N) is 1. The summed E-state index contributed by atoms with van der Waals surface area (Å²) in [6.45, 7) is 7.29.